The summed E-state index contributed by atoms with van der Waals surface area (Å²) in [4.78, 5) is 33.3. The average molecular weight is 700 g/mol. The molecule has 2 heterocycles. The zero-order valence-electron chi connectivity index (χ0n) is 26.7. The molecule has 0 bridgehead atoms. The number of rotatable bonds is 14. The van der Waals surface area contributed by atoms with Crippen molar-refractivity contribution in [1.82, 2.24) is 10.2 Å². The number of benzene rings is 2. The van der Waals surface area contributed by atoms with E-state index in [1.807, 2.05) is 55.4 Å². The van der Waals surface area contributed by atoms with Gasteiger partial charge in [-0.3, -0.25) is 5.32 Å². The fourth-order valence-electron chi connectivity index (χ4n) is 5.67. The third-order valence-corrected chi connectivity index (χ3v) is 9.95. The summed E-state index contributed by atoms with van der Waals surface area (Å²) in [6.45, 7) is 1.29. The van der Waals surface area contributed by atoms with Crippen molar-refractivity contribution in [1.29, 1.82) is 0 Å². The predicted octanol–water partition coefficient (Wildman–Crippen LogP) is 6.06. The Morgan fingerprint density at radius 2 is 1.77 bits per heavy atom. The molecule has 0 aliphatic heterocycles. The van der Waals surface area contributed by atoms with E-state index in [1.165, 1.54) is 11.3 Å². The summed E-state index contributed by atoms with van der Waals surface area (Å²) in [5, 5.41) is 4.35. The number of halogens is 2. The topological polar surface area (TPSA) is 100 Å². The maximum atomic E-state index is 13.6. The second-order valence-corrected chi connectivity index (χ2v) is 13.4. The number of pyridine rings is 1. The molecule has 47 heavy (non-hydrogen) atoms. The van der Waals surface area contributed by atoms with Gasteiger partial charge in [-0.2, -0.15) is 0 Å². The van der Waals surface area contributed by atoms with Crippen molar-refractivity contribution in [2.45, 2.75) is 37.5 Å². The molecule has 0 spiro atoms. The first-order valence-corrected chi connectivity index (χ1v) is 16.7. The number of likely N-dealkylation sites (N-methyl/N-ethyl adjacent to an activating group) is 1. The minimum Gasteiger partial charge on any atom is -0.493 e. The number of thiophene rings is 1. The lowest BCUT2D eigenvalue weighted by molar-refractivity contribution is -0.377. The van der Waals surface area contributed by atoms with E-state index >= 15 is 0 Å². The van der Waals surface area contributed by atoms with Crippen molar-refractivity contribution >= 4 is 46.5 Å². The average Bonchev–Trinajstić information content (AvgIpc) is 3.70. The summed E-state index contributed by atoms with van der Waals surface area (Å²) >= 11 is 14.3. The fraction of sp³-hybridized carbons (Fsp3) is 0.343. The van der Waals surface area contributed by atoms with Gasteiger partial charge in [0, 0.05) is 30.0 Å². The monoisotopic (exact) mass is 698 g/mol. The van der Waals surface area contributed by atoms with Gasteiger partial charge in [0.2, 0.25) is 0 Å². The van der Waals surface area contributed by atoms with Gasteiger partial charge < -0.3 is 23.8 Å². The highest BCUT2D eigenvalue weighted by molar-refractivity contribution is 7.13. The zero-order valence-corrected chi connectivity index (χ0v) is 29.1. The first-order chi connectivity index (χ1) is 22.6. The molecule has 0 saturated heterocycles. The van der Waals surface area contributed by atoms with Gasteiger partial charge >= 0.3 is 11.9 Å². The number of carbonyl (C=O) groups excluding carboxylic acids is 2. The molecular formula is C35H38Cl2N3O6S+. The van der Waals surface area contributed by atoms with Crippen LogP contribution in [0.25, 0.3) is 0 Å². The van der Waals surface area contributed by atoms with Crippen LogP contribution >= 0.6 is 34.5 Å². The maximum Gasteiger partial charge on any atom is 0.348 e. The van der Waals surface area contributed by atoms with Crippen LogP contribution in [0.1, 0.15) is 49.3 Å². The molecule has 248 valence electrons. The molecule has 12 heteroatoms. The number of ether oxygens (including phenoxy) is 4. The predicted molar refractivity (Wildman–Crippen MR) is 182 cm³/mol. The van der Waals surface area contributed by atoms with E-state index < -0.39 is 17.6 Å². The number of aromatic nitrogens is 1. The molecule has 4 aromatic rings. The van der Waals surface area contributed by atoms with Gasteiger partial charge in [0.05, 0.1) is 14.2 Å². The first kappa shape index (κ1) is 34.7. The fourth-order valence-corrected chi connectivity index (χ4v) is 7.03. The second-order valence-electron chi connectivity index (χ2n) is 11.5. The van der Waals surface area contributed by atoms with Gasteiger partial charge in [-0.25, -0.2) is 14.6 Å². The number of aryl methyl sites for hydroxylation is 1. The van der Waals surface area contributed by atoms with Crippen molar-refractivity contribution in [3.63, 3.8) is 0 Å². The van der Waals surface area contributed by atoms with Crippen LogP contribution in [0, 0.1) is 0 Å². The SMILES string of the molecule is COc1ccc([C@H](Cc2c(Cl)c[nH+]cc2Cl)OC(=O)c2ccc(CNC3(C(=O)OCCN(C)C)CCc4ccccc43)s2)cc1OC. The Labute approximate surface area is 288 Å². The largest absolute Gasteiger partial charge is 0.493 e. The number of methoxy groups -OCH3 is 2. The summed E-state index contributed by atoms with van der Waals surface area (Å²) in [5.41, 5.74) is 2.40. The van der Waals surface area contributed by atoms with Crippen LogP contribution in [0.3, 0.4) is 0 Å². The Morgan fingerprint density at radius 3 is 2.49 bits per heavy atom. The van der Waals surface area contributed by atoms with Crippen LogP contribution in [0.4, 0.5) is 0 Å². The summed E-state index contributed by atoms with van der Waals surface area (Å²) in [5.74, 6) is 0.247. The van der Waals surface area contributed by atoms with Crippen LogP contribution in [-0.2, 0) is 39.2 Å². The molecule has 2 aromatic heterocycles. The van der Waals surface area contributed by atoms with Gasteiger partial charge in [0.15, 0.2) is 23.9 Å². The molecule has 9 nitrogen and oxygen atoms in total. The molecule has 2 aromatic carbocycles. The van der Waals surface area contributed by atoms with Crippen LogP contribution in [-0.4, -0.2) is 58.3 Å². The van der Waals surface area contributed by atoms with E-state index in [9.17, 15) is 9.59 Å². The van der Waals surface area contributed by atoms with Crippen LogP contribution in [0.15, 0.2) is 67.0 Å². The van der Waals surface area contributed by atoms with Crippen molar-refractivity contribution < 1.29 is 33.5 Å². The maximum absolute atomic E-state index is 13.6. The zero-order chi connectivity index (χ0) is 33.6. The van der Waals surface area contributed by atoms with E-state index in [-0.39, 0.29) is 12.4 Å². The standard InChI is InChI=1S/C35H37Cl2N3O6S/c1-40(2)15-16-45-34(42)35(14-13-22-7-5-6-8-26(22)35)39-19-24-10-12-32(47-24)33(41)46-30(18-25-27(36)20-38-21-28(25)37)23-9-11-29(43-3)31(17-23)44-4/h5-12,17,20-21,30,39H,13-16,18-19H2,1-4H3/p+1/t30-,35?/m0/s1. The Morgan fingerprint density at radius 1 is 1.02 bits per heavy atom. The molecule has 0 radical (unpaired) electrons. The van der Waals surface area contributed by atoms with Crippen molar-refractivity contribution in [2.75, 3.05) is 41.5 Å². The lowest BCUT2D eigenvalue weighted by atomic mass is 9.91. The lowest BCUT2D eigenvalue weighted by Gasteiger charge is -2.29. The number of fused-ring (bicyclic) bond motifs is 1. The molecule has 2 atom stereocenters. The van der Waals surface area contributed by atoms with Gasteiger partial charge in [-0.05, 0) is 67.9 Å². The van der Waals surface area contributed by atoms with Crippen LogP contribution < -0.4 is 19.8 Å². The molecule has 1 aliphatic rings. The van der Waals surface area contributed by atoms with E-state index in [1.54, 1.807) is 44.8 Å². The number of nitrogens with zero attached hydrogens (tertiary/aromatic N) is 1. The number of nitrogens with one attached hydrogen (secondary N) is 2. The van der Waals surface area contributed by atoms with Gasteiger partial charge in [0.25, 0.3) is 0 Å². The van der Waals surface area contributed by atoms with E-state index in [2.05, 4.69) is 10.3 Å². The molecule has 5 rings (SSSR count). The number of esters is 2. The minimum absolute atomic E-state index is 0.227. The van der Waals surface area contributed by atoms with Crippen molar-refractivity contribution in [2.24, 2.45) is 0 Å². The normalized spacial score (nSPS) is 16.1. The molecule has 1 aliphatic carbocycles. The first-order valence-electron chi connectivity index (χ1n) is 15.2. The molecule has 0 amide bonds. The second kappa shape index (κ2) is 15.5. The Bertz CT molecular complexity index is 1710. The Kier molecular flexibility index (Phi) is 11.4. The molecule has 1 unspecified atom stereocenters. The van der Waals surface area contributed by atoms with E-state index in [0.717, 1.165) is 22.4 Å². The van der Waals surface area contributed by atoms with Crippen molar-refractivity contribution in [3.8, 4) is 11.5 Å². The van der Waals surface area contributed by atoms with E-state index in [0.29, 0.717) is 63.7 Å². The highest BCUT2D eigenvalue weighted by Gasteiger charge is 2.46. The molecular weight excluding hydrogens is 661 g/mol. The van der Waals surface area contributed by atoms with Gasteiger partial charge in [-0.1, -0.05) is 53.5 Å². The van der Waals surface area contributed by atoms with E-state index in [4.69, 9.17) is 42.1 Å². The number of hydrogen-bond acceptors (Lipinski definition) is 9. The third kappa shape index (κ3) is 7.90. The van der Waals surface area contributed by atoms with Gasteiger partial charge in [0.1, 0.15) is 33.2 Å². The number of aromatic amines is 1. The smallest absolute Gasteiger partial charge is 0.348 e. The summed E-state index contributed by atoms with van der Waals surface area (Å²) in [7, 11) is 6.97. The quantitative estimate of drug-likeness (QED) is 0.159. The van der Waals surface area contributed by atoms with Crippen molar-refractivity contribution in [3.05, 3.63) is 109 Å². The molecule has 0 fully saturated rings. The highest BCUT2D eigenvalue weighted by Crippen LogP contribution is 2.39. The number of hydrogen-bond donors (Lipinski definition) is 1. The van der Waals surface area contributed by atoms with Gasteiger partial charge in [-0.15, -0.1) is 11.3 Å². The Hall–Kier alpha value is -3.67. The van der Waals surface area contributed by atoms with Crippen LogP contribution in [0.2, 0.25) is 10.0 Å². The number of carbonyl (C=O) groups is 2. The minimum atomic E-state index is -0.974. The molecule has 2 N–H and O–H groups in total. The number of H-pyrrole nitrogens is 1. The lowest BCUT2D eigenvalue weighted by Crippen LogP contribution is -2.48. The summed E-state index contributed by atoms with van der Waals surface area (Å²) in [6.07, 6.45) is 4.09. The highest BCUT2D eigenvalue weighted by atomic mass is 35.5. The summed E-state index contributed by atoms with van der Waals surface area (Å²) in [6, 6.07) is 16.9. The molecule has 0 saturated carbocycles. The summed E-state index contributed by atoms with van der Waals surface area (Å²) < 4.78 is 22.8. The van der Waals surface area contributed by atoms with Crippen LogP contribution in [0.5, 0.6) is 11.5 Å². The Balaban J connectivity index is 1.35. The third-order valence-electron chi connectivity index (χ3n) is 8.21.